The molecule has 146 valence electrons. The summed E-state index contributed by atoms with van der Waals surface area (Å²) in [5.41, 5.74) is 2.25. The Morgan fingerprint density at radius 3 is 2.81 bits per heavy atom. The minimum absolute atomic E-state index is 0.104. The van der Waals surface area contributed by atoms with E-state index in [1.165, 1.54) is 0 Å². The fraction of sp³-hybridized carbons (Fsp3) is 0.524. The Morgan fingerprint density at radius 1 is 1.33 bits per heavy atom. The van der Waals surface area contributed by atoms with Crippen molar-refractivity contribution in [1.29, 1.82) is 0 Å². The summed E-state index contributed by atoms with van der Waals surface area (Å²) < 4.78 is 10.8. The van der Waals surface area contributed by atoms with Crippen LogP contribution in [0.4, 0.5) is 0 Å². The fourth-order valence-corrected chi connectivity index (χ4v) is 3.94. The average molecular weight is 373 g/mol. The van der Waals surface area contributed by atoms with Gasteiger partial charge in [0.25, 0.3) is 0 Å². The van der Waals surface area contributed by atoms with Gasteiger partial charge in [0.1, 0.15) is 11.3 Å². The zero-order chi connectivity index (χ0) is 19.6. The second-order valence-electron chi connectivity index (χ2n) is 7.11. The van der Waals surface area contributed by atoms with Crippen LogP contribution in [0.3, 0.4) is 0 Å². The fourth-order valence-electron chi connectivity index (χ4n) is 3.94. The second-order valence-corrected chi connectivity index (χ2v) is 7.11. The zero-order valence-corrected chi connectivity index (χ0v) is 16.2. The Labute approximate surface area is 158 Å². The summed E-state index contributed by atoms with van der Waals surface area (Å²) >= 11 is 0. The topological polar surface area (TPSA) is 80.0 Å². The molecule has 1 aliphatic rings. The van der Waals surface area contributed by atoms with E-state index >= 15 is 0 Å². The van der Waals surface area contributed by atoms with Crippen molar-refractivity contribution in [2.75, 3.05) is 19.7 Å². The first-order chi connectivity index (χ1) is 13.0. The Balaban J connectivity index is 1.93. The zero-order valence-electron chi connectivity index (χ0n) is 16.2. The predicted molar refractivity (Wildman–Crippen MR) is 103 cm³/mol. The van der Waals surface area contributed by atoms with Crippen LogP contribution in [-0.4, -0.2) is 35.7 Å². The molecule has 2 aromatic rings. The van der Waals surface area contributed by atoms with Crippen LogP contribution < -0.4 is 5.63 Å². The molecule has 1 aliphatic heterocycles. The van der Waals surface area contributed by atoms with Gasteiger partial charge in [0.15, 0.2) is 0 Å². The van der Waals surface area contributed by atoms with Crippen LogP contribution in [0, 0.1) is 12.8 Å². The Bertz CT molecular complexity index is 902. The molecule has 2 heterocycles. The number of likely N-dealkylation sites (tertiary alicyclic amines) is 1. The third kappa shape index (κ3) is 3.86. The van der Waals surface area contributed by atoms with E-state index in [1.54, 1.807) is 12.1 Å². The van der Waals surface area contributed by atoms with Gasteiger partial charge in [0, 0.05) is 24.0 Å². The minimum atomic E-state index is -0.350. The lowest BCUT2D eigenvalue weighted by molar-refractivity contribution is -0.150. The average Bonchev–Trinajstić information content (AvgIpc) is 2.65. The van der Waals surface area contributed by atoms with E-state index in [1.807, 2.05) is 20.8 Å². The minimum Gasteiger partial charge on any atom is -0.507 e. The van der Waals surface area contributed by atoms with E-state index in [2.05, 4.69) is 4.90 Å². The number of esters is 1. The maximum Gasteiger partial charge on any atom is 0.339 e. The molecule has 0 bridgehead atoms. The van der Waals surface area contributed by atoms with E-state index in [-0.39, 0.29) is 23.3 Å². The lowest BCUT2D eigenvalue weighted by Crippen LogP contribution is -2.39. The molecule has 6 nitrogen and oxygen atoms in total. The van der Waals surface area contributed by atoms with Crippen molar-refractivity contribution in [3.05, 3.63) is 39.2 Å². The van der Waals surface area contributed by atoms with Gasteiger partial charge in [-0.2, -0.15) is 0 Å². The van der Waals surface area contributed by atoms with Crippen LogP contribution in [0.1, 0.15) is 43.4 Å². The largest absolute Gasteiger partial charge is 0.507 e. The number of aromatic hydroxyl groups is 1. The standard InChI is InChI=1S/C21H27NO5/c1-4-15-13(3)16-8-9-18(23)17(19(16)27-21(15)25)12-22-10-6-7-14(11-22)20(24)26-5-2/h8-9,14,23H,4-7,10-12H2,1-3H3/t14-/m1/s1. The van der Waals surface area contributed by atoms with E-state index in [0.717, 1.165) is 30.3 Å². The molecule has 0 unspecified atom stereocenters. The smallest absolute Gasteiger partial charge is 0.339 e. The number of ether oxygens (including phenoxy) is 1. The quantitative estimate of drug-likeness (QED) is 0.641. The van der Waals surface area contributed by atoms with Gasteiger partial charge >= 0.3 is 11.6 Å². The van der Waals surface area contributed by atoms with Crippen molar-refractivity contribution in [1.82, 2.24) is 4.90 Å². The second kappa shape index (κ2) is 8.13. The maximum absolute atomic E-state index is 12.3. The van der Waals surface area contributed by atoms with Gasteiger partial charge in [-0.05, 0) is 57.4 Å². The molecule has 1 saturated heterocycles. The number of carbonyl (C=O) groups is 1. The molecule has 6 heteroatoms. The van der Waals surface area contributed by atoms with Crippen LogP contribution in [0.25, 0.3) is 11.0 Å². The number of phenolic OH excluding ortho intramolecular Hbond substituents is 1. The third-order valence-corrected chi connectivity index (χ3v) is 5.39. The van der Waals surface area contributed by atoms with Crippen LogP contribution in [0.5, 0.6) is 5.75 Å². The summed E-state index contributed by atoms with van der Waals surface area (Å²) in [5, 5.41) is 11.3. The number of piperidine rings is 1. The van der Waals surface area contributed by atoms with Crippen LogP contribution in [-0.2, 0) is 22.5 Å². The number of aryl methyl sites for hydroxylation is 1. The first-order valence-corrected chi connectivity index (χ1v) is 9.62. The Morgan fingerprint density at radius 2 is 2.11 bits per heavy atom. The summed E-state index contributed by atoms with van der Waals surface area (Å²) in [5.74, 6) is -0.219. The van der Waals surface area contributed by atoms with Crippen molar-refractivity contribution in [2.24, 2.45) is 5.92 Å². The molecule has 1 aromatic heterocycles. The third-order valence-electron chi connectivity index (χ3n) is 5.39. The van der Waals surface area contributed by atoms with E-state index in [0.29, 0.717) is 42.8 Å². The highest BCUT2D eigenvalue weighted by molar-refractivity contribution is 5.85. The molecule has 0 spiro atoms. The van der Waals surface area contributed by atoms with Crippen molar-refractivity contribution < 1.29 is 19.1 Å². The summed E-state index contributed by atoms with van der Waals surface area (Å²) in [7, 11) is 0. The summed E-state index contributed by atoms with van der Waals surface area (Å²) in [6.07, 6.45) is 2.30. The Hall–Kier alpha value is -2.34. The van der Waals surface area contributed by atoms with Crippen molar-refractivity contribution in [3.8, 4) is 5.75 Å². The monoisotopic (exact) mass is 373 g/mol. The molecule has 1 atom stereocenters. The molecule has 3 rings (SSSR count). The number of hydrogen-bond acceptors (Lipinski definition) is 6. The normalized spacial score (nSPS) is 18.0. The van der Waals surface area contributed by atoms with Crippen molar-refractivity contribution >= 4 is 16.9 Å². The lowest BCUT2D eigenvalue weighted by atomic mass is 9.96. The molecule has 1 aromatic carbocycles. The van der Waals surface area contributed by atoms with Crippen molar-refractivity contribution in [2.45, 2.75) is 46.6 Å². The van der Waals surface area contributed by atoms with E-state index in [4.69, 9.17) is 9.15 Å². The maximum atomic E-state index is 12.3. The van der Waals surface area contributed by atoms with E-state index < -0.39 is 0 Å². The number of rotatable bonds is 5. The summed E-state index contributed by atoms with van der Waals surface area (Å²) in [6.45, 7) is 7.84. The molecule has 0 amide bonds. The van der Waals surface area contributed by atoms with Gasteiger partial charge in [-0.3, -0.25) is 9.69 Å². The van der Waals surface area contributed by atoms with Crippen LogP contribution >= 0.6 is 0 Å². The van der Waals surface area contributed by atoms with Gasteiger partial charge < -0.3 is 14.3 Å². The van der Waals surface area contributed by atoms with Gasteiger partial charge in [-0.25, -0.2) is 4.79 Å². The number of hydrogen-bond donors (Lipinski definition) is 1. The van der Waals surface area contributed by atoms with Gasteiger partial charge in [0.05, 0.1) is 18.1 Å². The first-order valence-electron chi connectivity index (χ1n) is 9.62. The SMILES string of the molecule is CCOC(=O)[C@@H]1CCCN(Cc2c(O)ccc3c(C)c(CC)c(=O)oc23)C1. The molecule has 0 aliphatic carbocycles. The molecule has 1 fully saturated rings. The number of fused-ring (bicyclic) bond motifs is 1. The van der Waals surface area contributed by atoms with Crippen LogP contribution in [0.2, 0.25) is 0 Å². The highest BCUT2D eigenvalue weighted by Gasteiger charge is 2.28. The predicted octanol–water partition coefficient (Wildman–Crippen LogP) is 3.14. The first kappa shape index (κ1) is 19.4. The molecular formula is C21H27NO5. The van der Waals surface area contributed by atoms with Gasteiger partial charge in [-0.1, -0.05) is 6.92 Å². The molecule has 0 saturated carbocycles. The molecule has 27 heavy (non-hydrogen) atoms. The number of phenols is 1. The Kier molecular flexibility index (Phi) is 5.85. The summed E-state index contributed by atoms with van der Waals surface area (Å²) in [6, 6.07) is 3.44. The lowest BCUT2D eigenvalue weighted by Gasteiger charge is -2.31. The molecule has 0 radical (unpaired) electrons. The molecular weight excluding hydrogens is 346 g/mol. The number of carbonyl (C=O) groups excluding carboxylic acids is 1. The summed E-state index contributed by atoms with van der Waals surface area (Å²) in [4.78, 5) is 26.5. The highest BCUT2D eigenvalue weighted by Crippen LogP contribution is 2.31. The van der Waals surface area contributed by atoms with Gasteiger partial charge in [0.2, 0.25) is 0 Å². The van der Waals surface area contributed by atoms with Crippen molar-refractivity contribution in [3.63, 3.8) is 0 Å². The van der Waals surface area contributed by atoms with Gasteiger partial charge in [-0.15, -0.1) is 0 Å². The number of nitrogens with zero attached hydrogens (tertiary/aromatic N) is 1. The van der Waals surface area contributed by atoms with E-state index in [9.17, 15) is 14.7 Å². The highest BCUT2D eigenvalue weighted by atomic mass is 16.5. The number of benzene rings is 1. The van der Waals surface area contributed by atoms with Crippen LogP contribution in [0.15, 0.2) is 21.3 Å². The molecule has 1 N–H and O–H groups in total.